The summed E-state index contributed by atoms with van der Waals surface area (Å²) in [7, 11) is 5.27. The molecule has 0 radical (unpaired) electrons. The van der Waals surface area contributed by atoms with Crippen molar-refractivity contribution in [3.63, 3.8) is 0 Å². The van der Waals surface area contributed by atoms with Crippen molar-refractivity contribution in [3.8, 4) is 11.5 Å². The Balaban J connectivity index is 2.25. The molecule has 17 heavy (non-hydrogen) atoms. The Morgan fingerprint density at radius 1 is 1.18 bits per heavy atom. The maximum Gasteiger partial charge on any atom is 0.161 e. The zero-order chi connectivity index (χ0) is 12.3. The van der Waals surface area contributed by atoms with E-state index >= 15 is 0 Å². The van der Waals surface area contributed by atoms with Gasteiger partial charge in [0.15, 0.2) is 11.5 Å². The molecule has 2 aromatic rings. The zero-order valence-corrected chi connectivity index (χ0v) is 10.3. The fourth-order valence-corrected chi connectivity index (χ4v) is 1.74. The second-order valence-corrected chi connectivity index (χ2v) is 3.82. The van der Waals surface area contributed by atoms with Crippen LogP contribution >= 0.6 is 0 Å². The van der Waals surface area contributed by atoms with E-state index in [1.165, 1.54) is 0 Å². The van der Waals surface area contributed by atoms with Crippen LogP contribution in [0.2, 0.25) is 0 Å². The van der Waals surface area contributed by atoms with Crippen LogP contribution < -0.4 is 9.47 Å². The van der Waals surface area contributed by atoms with Gasteiger partial charge in [-0.25, -0.2) is 4.98 Å². The third-order valence-corrected chi connectivity index (χ3v) is 2.73. The van der Waals surface area contributed by atoms with Gasteiger partial charge in [0.1, 0.15) is 5.82 Å². The molecule has 0 amide bonds. The molecule has 4 heteroatoms. The molecule has 0 N–H and O–H groups in total. The average Bonchev–Trinajstić information content (AvgIpc) is 2.75. The minimum atomic E-state index is 0.746. The van der Waals surface area contributed by atoms with Crippen LogP contribution in [0.1, 0.15) is 11.4 Å². The number of ether oxygens (including phenoxy) is 2. The van der Waals surface area contributed by atoms with Crippen LogP contribution in [0, 0.1) is 0 Å². The largest absolute Gasteiger partial charge is 0.493 e. The Bertz CT molecular complexity index is 506. The van der Waals surface area contributed by atoms with Gasteiger partial charge in [-0.2, -0.15) is 0 Å². The number of benzene rings is 1. The van der Waals surface area contributed by atoms with Crippen molar-refractivity contribution < 1.29 is 9.47 Å². The van der Waals surface area contributed by atoms with Gasteiger partial charge in [-0.1, -0.05) is 6.07 Å². The zero-order valence-electron chi connectivity index (χ0n) is 10.3. The van der Waals surface area contributed by atoms with E-state index in [-0.39, 0.29) is 0 Å². The van der Waals surface area contributed by atoms with Gasteiger partial charge in [0.05, 0.1) is 14.2 Å². The van der Waals surface area contributed by atoms with Crippen molar-refractivity contribution in [2.75, 3.05) is 14.2 Å². The van der Waals surface area contributed by atoms with Crippen molar-refractivity contribution in [2.24, 2.45) is 7.05 Å². The van der Waals surface area contributed by atoms with Crippen LogP contribution in [0.4, 0.5) is 0 Å². The van der Waals surface area contributed by atoms with Crippen molar-refractivity contribution >= 4 is 0 Å². The number of rotatable bonds is 4. The lowest BCUT2D eigenvalue weighted by molar-refractivity contribution is 0.354. The summed E-state index contributed by atoms with van der Waals surface area (Å²) >= 11 is 0. The SMILES string of the molecule is COc1ccc(Cc2nccn2C)cc1OC. The normalized spacial score (nSPS) is 10.3. The summed E-state index contributed by atoms with van der Waals surface area (Å²) in [4.78, 5) is 4.30. The number of aryl methyl sites for hydroxylation is 1. The summed E-state index contributed by atoms with van der Waals surface area (Å²) in [6.45, 7) is 0. The molecule has 0 atom stereocenters. The molecule has 0 aliphatic rings. The molecular formula is C13H16N2O2. The summed E-state index contributed by atoms with van der Waals surface area (Å²) in [6, 6.07) is 5.92. The minimum absolute atomic E-state index is 0.746. The molecule has 1 aromatic heterocycles. The summed E-state index contributed by atoms with van der Waals surface area (Å²) in [5, 5.41) is 0. The summed E-state index contributed by atoms with van der Waals surface area (Å²) in [6.07, 6.45) is 4.52. The predicted octanol–water partition coefficient (Wildman–Crippen LogP) is 2.03. The van der Waals surface area contributed by atoms with Crippen molar-refractivity contribution in [1.29, 1.82) is 0 Å². The molecule has 2 rings (SSSR count). The maximum absolute atomic E-state index is 5.27. The van der Waals surface area contributed by atoms with E-state index < -0.39 is 0 Å². The molecule has 0 aliphatic carbocycles. The highest BCUT2D eigenvalue weighted by Gasteiger charge is 2.06. The van der Waals surface area contributed by atoms with Crippen molar-refractivity contribution in [2.45, 2.75) is 6.42 Å². The van der Waals surface area contributed by atoms with E-state index in [2.05, 4.69) is 4.98 Å². The summed E-state index contributed by atoms with van der Waals surface area (Å²) in [5.41, 5.74) is 1.15. The van der Waals surface area contributed by atoms with E-state index in [9.17, 15) is 0 Å². The van der Waals surface area contributed by atoms with Crippen molar-refractivity contribution in [1.82, 2.24) is 9.55 Å². The predicted molar refractivity (Wildman–Crippen MR) is 65.6 cm³/mol. The van der Waals surface area contributed by atoms with Gasteiger partial charge in [-0.05, 0) is 17.7 Å². The van der Waals surface area contributed by atoms with Gasteiger partial charge >= 0.3 is 0 Å². The second-order valence-electron chi connectivity index (χ2n) is 3.82. The molecule has 0 unspecified atom stereocenters. The van der Waals surface area contributed by atoms with Crippen LogP contribution in [0.5, 0.6) is 11.5 Å². The lowest BCUT2D eigenvalue weighted by Crippen LogP contribution is -1.99. The third kappa shape index (κ3) is 2.41. The number of hydrogen-bond acceptors (Lipinski definition) is 3. The molecule has 0 bridgehead atoms. The van der Waals surface area contributed by atoms with Gasteiger partial charge in [0.2, 0.25) is 0 Å². The van der Waals surface area contributed by atoms with Gasteiger partial charge < -0.3 is 14.0 Å². The quantitative estimate of drug-likeness (QED) is 0.809. The first kappa shape index (κ1) is 11.5. The highest BCUT2D eigenvalue weighted by Crippen LogP contribution is 2.28. The van der Waals surface area contributed by atoms with E-state index in [0.717, 1.165) is 29.3 Å². The molecule has 0 fully saturated rings. The molecule has 1 heterocycles. The number of methoxy groups -OCH3 is 2. The molecule has 90 valence electrons. The smallest absolute Gasteiger partial charge is 0.161 e. The van der Waals surface area contributed by atoms with Gasteiger partial charge in [-0.15, -0.1) is 0 Å². The van der Waals surface area contributed by atoms with Gasteiger partial charge in [0.25, 0.3) is 0 Å². The topological polar surface area (TPSA) is 36.3 Å². The van der Waals surface area contributed by atoms with Crippen LogP contribution in [-0.2, 0) is 13.5 Å². The van der Waals surface area contributed by atoms with E-state index in [1.54, 1.807) is 20.4 Å². The summed E-state index contributed by atoms with van der Waals surface area (Å²) < 4.78 is 12.5. The first-order valence-electron chi connectivity index (χ1n) is 5.41. The highest BCUT2D eigenvalue weighted by molar-refractivity contribution is 5.43. The Labute approximate surface area is 101 Å². The molecule has 0 saturated carbocycles. The molecule has 4 nitrogen and oxygen atoms in total. The third-order valence-electron chi connectivity index (χ3n) is 2.73. The first-order chi connectivity index (χ1) is 8.24. The summed E-state index contributed by atoms with van der Waals surface area (Å²) in [5.74, 6) is 2.52. The van der Waals surface area contributed by atoms with Crippen molar-refractivity contribution in [3.05, 3.63) is 42.0 Å². The Kier molecular flexibility index (Phi) is 3.32. The van der Waals surface area contributed by atoms with Crippen LogP contribution in [0.25, 0.3) is 0 Å². The fourth-order valence-electron chi connectivity index (χ4n) is 1.74. The molecule has 1 aromatic carbocycles. The minimum Gasteiger partial charge on any atom is -0.493 e. The highest BCUT2D eigenvalue weighted by atomic mass is 16.5. The second kappa shape index (κ2) is 4.91. The molecule has 0 spiro atoms. The Hall–Kier alpha value is -1.97. The van der Waals surface area contributed by atoms with Crippen LogP contribution in [-0.4, -0.2) is 23.8 Å². The number of nitrogens with zero attached hydrogens (tertiary/aromatic N) is 2. The lowest BCUT2D eigenvalue weighted by Gasteiger charge is -2.09. The van der Waals surface area contributed by atoms with E-state index in [4.69, 9.17) is 9.47 Å². The molecule has 0 aliphatic heterocycles. The maximum atomic E-state index is 5.27. The van der Waals surface area contributed by atoms with Gasteiger partial charge in [-0.3, -0.25) is 0 Å². The van der Waals surface area contributed by atoms with E-state index in [0.29, 0.717) is 0 Å². The first-order valence-corrected chi connectivity index (χ1v) is 5.41. The number of hydrogen-bond donors (Lipinski definition) is 0. The lowest BCUT2D eigenvalue weighted by atomic mass is 10.1. The monoisotopic (exact) mass is 232 g/mol. The Morgan fingerprint density at radius 2 is 1.94 bits per heavy atom. The Morgan fingerprint density at radius 3 is 2.53 bits per heavy atom. The van der Waals surface area contributed by atoms with E-state index in [1.807, 2.05) is 36.0 Å². The molecular weight excluding hydrogens is 216 g/mol. The average molecular weight is 232 g/mol. The number of imidazole rings is 1. The van der Waals surface area contributed by atoms with Gasteiger partial charge in [0, 0.05) is 25.9 Å². The molecule has 0 saturated heterocycles. The van der Waals surface area contributed by atoms with Crippen LogP contribution in [0.3, 0.4) is 0 Å². The standard InChI is InChI=1S/C13H16N2O2/c1-15-7-6-14-13(15)9-10-4-5-11(16-2)12(8-10)17-3/h4-8H,9H2,1-3H3. The van der Waals surface area contributed by atoms with Crippen LogP contribution in [0.15, 0.2) is 30.6 Å². The number of aromatic nitrogens is 2. The fraction of sp³-hybridized carbons (Fsp3) is 0.308.